The van der Waals surface area contributed by atoms with Gasteiger partial charge in [0.15, 0.2) is 9.34 Å². The normalized spacial score (nSPS) is 15.6. The van der Waals surface area contributed by atoms with Crippen molar-refractivity contribution in [2.45, 2.75) is 23.7 Å². The number of thiazole rings is 1. The summed E-state index contributed by atoms with van der Waals surface area (Å²) in [6, 6.07) is 14.7. The monoisotopic (exact) mass is 610 g/mol. The summed E-state index contributed by atoms with van der Waals surface area (Å²) in [6.45, 7) is 5.46. The van der Waals surface area contributed by atoms with Crippen LogP contribution >= 0.6 is 11.3 Å². The first kappa shape index (κ1) is 29.8. The Balaban J connectivity index is 1.23. The molecule has 4 aromatic rings. The SMILES string of the molecule is CC(CN1CCN(S(=O)(=O)c2cnc(NC(=O)O)s2)CC1)Nc1ncnc2c(-c3cccc(CN(C)C)c3)cccc12. The summed E-state index contributed by atoms with van der Waals surface area (Å²) >= 11 is 0.807. The number of rotatable bonds is 10. The van der Waals surface area contributed by atoms with E-state index in [1.54, 1.807) is 6.33 Å². The number of hydrogen-bond donors (Lipinski definition) is 3. The van der Waals surface area contributed by atoms with Gasteiger partial charge < -0.3 is 15.3 Å². The molecular weight excluding hydrogens is 576 g/mol. The third-order valence-electron chi connectivity index (χ3n) is 6.94. The molecule has 0 aliphatic carbocycles. The van der Waals surface area contributed by atoms with Gasteiger partial charge in [-0.25, -0.2) is 28.2 Å². The van der Waals surface area contributed by atoms with Gasteiger partial charge in [0, 0.05) is 56.3 Å². The molecule has 0 bridgehead atoms. The molecule has 2 aromatic carbocycles. The van der Waals surface area contributed by atoms with Gasteiger partial charge in [0.25, 0.3) is 10.0 Å². The lowest BCUT2D eigenvalue weighted by Gasteiger charge is -2.35. The Morgan fingerprint density at radius 1 is 1.10 bits per heavy atom. The molecule has 12 nitrogen and oxygen atoms in total. The van der Waals surface area contributed by atoms with E-state index in [0.717, 1.165) is 45.7 Å². The van der Waals surface area contributed by atoms with Crippen LogP contribution in [-0.4, -0.2) is 102 Å². The van der Waals surface area contributed by atoms with Gasteiger partial charge in [-0.2, -0.15) is 4.31 Å². The third-order valence-corrected chi connectivity index (χ3v) is 10.2. The van der Waals surface area contributed by atoms with E-state index in [1.165, 1.54) is 16.1 Å². The van der Waals surface area contributed by atoms with Crippen molar-refractivity contribution in [2.24, 2.45) is 0 Å². The highest BCUT2D eigenvalue weighted by Crippen LogP contribution is 2.31. The van der Waals surface area contributed by atoms with E-state index in [9.17, 15) is 13.2 Å². The van der Waals surface area contributed by atoms with Crippen molar-refractivity contribution in [3.8, 4) is 11.1 Å². The van der Waals surface area contributed by atoms with Crippen molar-refractivity contribution in [2.75, 3.05) is 57.5 Å². The maximum absolute atomic E-state index is 13.1. The summed E-state index contributed by atoms with van der Waals surface area (Å²) < 4.78 is 27.5. The van der Waals surface area contributed by atoms with Gasteiger partial charge in [0.05, 0.1) is 11.7 Å². The number of benzene rings is 2. The molecule has 5 rings (SSSR count). The molecule has 42 heavy (non-hydrogen) atoms. The van der Waals surface area contributed by atoms with Gasteiger partial charge in [-0.15, -0.1) is 0 Å². The summed E-state index contributed by atoms with van der Waals surface area (Å²) in [7, 11) is 0.369. The van der Waals surface area contributed by atoms with Crippen molar-refractivity contribution < 1.29 is 18.3 Å². The third kappa shape index (κ3) is 6.85. The first-order chi connectivity index (χ1) is 20.1. The highest BCUT2D eigenvalue weighted by Gasteiger charge is 2.31. The molecule has 0 radical (unpaired) electrons. The van der Waals surface area contributed by atoms with Crippen LogP contribution in [0.2, 0.25) is 0 Å². The predicted octanol–water partition coefficient (Wildman–Crippen LogP) is 3.71. The van der Waals surface area contributed by atoms with Crippen LogP contribution in [0.15, 0.2) is 59.2 Å². The minimum atomic E-state index is -3.74. The van der Waals surface area contributed by atoms with Crippen LogP contribution in [-0.2, 0) is 16.6 Å². The number of carbonyl (C=O) groups is 1. The molecule has 1 fully saturated rings. The molecule has 0 saturated carbocycles. The van der Waals surface area contributed by atoms with Gasteiger partial charge in [-0.05, 0) is 44.3 Å². The molecule has 1 unspecified atom stereocenters. The number of nitrogens with one attached hydrogen (secondary N) is 2. The molecule has 0 spiro atoms. The number of amides is 1. The number of aromatic nitrogens is 3. The summed E-state index contributed by atoms with van der Waals surface area (Å²) in [4.78, 5) is 28.2. The number of carboxylic acid groups (broad SMARTS) is 1. The van der Waals surface area contributed by atoms with Crippen molar-refractivity contribution in [3.63, 3.8) is 0 Å². The minimum absolute atomic E-state index is 0.0224. The Morgan fingerprint density at radius 2 is 1.86 bits per heavy atom. The molecule has 1 aliphatic heterocycles. The van der Waals surface area contributed by atoms with Crippen molar-refractivity contribution in [1.29, 1.82) is 0 Å². The quantitative estimate of drug-likeness (QED) is 0.243. The Hall–Kier alpha value is -3.69. The lowest BCUT2D eigenvalue weighted by atomic mass is 10.00. The fourth-order valence-corrected chi connectivity index (χ4v) is 7.71. The summed E-state index contributed by atoms with van der Waals surface area (Å²) in [5.41, 5.74) is 4.27. The van der Waals surface area contributed by atoms with Crippen LogP contribution in [0.5, 0.6) is 0 Å². The zero-order valence-electron chi connectivity index (χ0n) is 23.7. The van der Waals surface area contributed by atoms with Gasteiger partial charge in [0.2, 0.25) is 0 Å². The average molecular weight is 611 g/mol. The van der Waals surface area contributed by atoms with Crippen LogP contribution < -0.4 is 10.6 Å². The maximum Gasteiger partial charge on any atom is 0.410 e. The fraction of sp³-hybridized carbons (Fsp3) is 0.357. The number of fused-ring (bicyclic) bond motifs is 1. The van der Waals surface area contributed by atoms with Gasteiger partial charge in [-0.1, -0.05) is 41.7 Å². The molecule has 2 aromatic heterocycles. The van der Waals surface area contributed by atoms with Crippen molar-refractivity contribution >= 4 is 49.3 Å². The average Bonchev–Trinajstić information content (AvgIpc) is 3.42. The molecule has 1 atom stereocenters. The maximum atomic E-state index is 13.1. The second kappa shape index (κ2) is 12.7. The molecular formula is C28H34N8O4S2. The Labute approximate surface area is 249 Å². The van der Waals surface area contributed by atoms with Crippen molar-refractivity contribution in [1.82, 2.24) is 29.1 Å². The van der Waals surface area contributed by atoms with E-state index in [4.69, 9.17) is 5.11 Å². The van der Waals surface area contributed by atoms with Crippen LogP contribution in [0.25, 0.3) is 22.0 Å². The number of hydrogen-bond acceptors (Lipinski definition) is 10. The van der Waals surface area contributed by atoms with E-state index in [0.29, 0.717) is 32.7 Å². The fourth-order valence-electron chi connectivity index (χ4n) is 5.11. The first-order valence-electron chi connectivity index (χ1n) is 13.5. The molecule has 3 heterocycles. The smallest absolute Gasteiger partial charge is 0.410 e. The van der Waals surface area contributed by atoms with Crippen LogP contribution in [0, 0.1) is 0 Å². The molecule has 222 valence electrons. The van der Waals surface area contributed by atoms with Crippen LogP contribution in [0.1, 0.15) is 12.5 Å². The second-order valence-corrected chi connectivity index (χ2v) is 13.7. The first-order valence-corrected chi connectivity index (χ1v) is 15.8. The van der Waals surface area contributed by atoms with Crippen LogP contribution in [0.4, 0.5) is 15.7 Å². The highest BCUT2D eigenvalue weighted by molar-refractivity contribution is 7.91. The second-order valence-electron chi connectivity index (χ2n) is 10.5. The topological polar surface area (TPSA) is 144 Å². The lowest BCUT2D eigenvalue weighted by Crippen LogP contribution is -2.50. The Kier molecular flexibility index (Phi) is 8.99. The lowest BCUT2D eigenvalue weighted by molar-refractivity contribution is 0.184. The van der Waals surface area contributed by atoms with E-state index in [1.807, 2.05) is 12.1 Å². The standard InChI is InChI=1S/C28H34N8O4S2/c1-19(16-35-10-12-36(13-11-35)42(39,40)24-15-29-27(41-24)33-28(37)38)32-26-23-9-5-8-22(25(23)30-18-31-26)21-7-4-6-20(14-21)17-34(2)3/h4-9,14-15,18-19H,10-13,16-17H2,1-3H3,(H,29,33)(H,37,38)(H,30,31,32). The van der Waals surface area contributed by atoms with E-state index < -0.39 is 16.1 Å². The predicted molar refractivity (Wildman–Crippen MR) is 164 cm³/mol. The van der Waals surface area contributed by atoms with Crippen LogP contribution in [0.3, 0.4) is 0 Å². The number of nitrogens with zero attached hydrogens (tertiary/aromatic N) is 6. The van der Waals surface area contributed by atoms with Gasteiger partial charge >= 0.3 is 6.09 Å². The number of anilines is 2. The molecule has 14 heteroatoms. The van der Waals surface area contributed by atoms with Gasteiger partial charge in [0.1, 0.15) is 12.1 Å². The van der Waals surface area contributed by atoms with E-state index in [2.05, 4.69) is 86.7 Å². The number of para-hydroxylation sites is 1. The highest BCUT2D eigenvalue weighted by atomic mass is 32.2. The van der Waals surface area contributed by atoms with Crippen molar-refractivity contribution in [3.05, 3.63) is 60.6 Å². The van der Waals surface area contributed by atoms with E-state index in [-0.39, 0.29) is 15.4 Å². The molecule has 3 N–H and O–H groups in total. The zero-order chi connectivity index (χ0) is 29.9. The zero-order valence-corrected chi connectivity index (χ0v) is 25.3. The number of sulfonamides is 1. The van der Waals surface area contributed by atoms with Gasteiger partial charge in [-0.3, -0.25) is 10.2 Å². The molecule has 1 saturated heterocycles. The molecule has 1 amide bonds. The summed E-state index contributed by atoms with van der Waals surface area (Å²) in [6.07, 6.45) is 1.50. The minimum Gasteiger partial charge on any atom is -0.465 e. The summed E-state index contributed by atoms with van der Waals surface area (Å²) in [5.74, 6) is 0.760. The summed E-state index contributed by atoms with van der Waals surface area (Å²) in [5, 5.41) is 15.4. The number of piperazine rings is 1. The largest absolute Gasteiger partial charge is 0.465 e. The molecule has 1 aliphatic rings. The Morgan fingerprint density at radius 3 is 2.60 bits per heavy atom. The Bertz CT molecular complexity index is 1670. The van der Waals surface area contributed by atoms with E-state index >= 15 is 0 Å².